The molecule has 2 fully saturated rings. The molecule has 3 heterocycles. The van der Waals surface area contributed by atoms with Gasteiger partial charge in [-0.1, -0.05) is 35.6 Å². The molecule has 1 amide bonds. The van der Waals surface area contributed by atoms with Gasteiger partial charge in [-0.05, 0) is 75.5 Å². The van der Waals surface area contributed by atoms with Crippen LogP contribution in [0.15, 0.2) is 59.7 Å². The van der Waals surface area contributed by atoms with Crippen LogP contribution in [0.5, 0.6) is 0 Å². The van der Waals surface area contributed by atoms with Crippen molar-refractivity contribution in [1.82, 2.24) is 24.8 Å². The Morgan fingerprint density at radius 2 is 1.80 bits per heavy atom. The number of nitrogens with one attached hydrogen (secondary N) is 2. The molecule has 0 unspecified atom stereocenters. The summed E-state index contributed by atoms with van der Waals surface area (Å²) in [5.74, 6) is 0.486. The first kappa shape index (κ1) is 30.0. The maximum absolute atomic E-state index is 14.2. The van der Waals surface area contributed by atoms with E-state index < -0.39 is 0 Å². The maximum atomic E-state index is 14.2. The summed E-state index contributed by atoms with van der Waals surface area (Å²) in [5.41, 5.74) is 4.29. The van der Waals surface area contributed by atoms with E-state index in [2.05, 4.69) is 57.6 Å². The molecule has 0 atom stereocenters. The van der Waals surface area contributed by atoms with Crippen molar-refractivity contribution in [3.8, 4) is 5.69 Å². The van der Waals surface area contributed by atoms with E-state index in [9.17, 15) is 9.59 Å². The number of amides is 1. The molecule has 2 aromatic carbocycles. The van der Waals surface area contributed by atoms with E-state index in [-0.39, 0.29) is 23.7 Å². The maximum Gasteiger partial charge on any atom is 0.448 e. The third-order valence-electron chi connectivity index (χ3n) is 8.86. The minimum Gasteiger partial charge on any atom is -0.369 e. The fourth-order valence-electron chi connectivity index (χ4n) is 6.35. The number of fused-ring (bicyclic) bond motifs is 1. The fraction of sp³-hybridized carbons (Fsp3) is 0.424. The van der Waals surface area contributed by atoms with Crippen LogP contribution in [0.4, 0.5) is 17.3 Å². The Morgan fingerprint density at radius 3 is 2.50 bits per heavy atom. The summed E-state index contributed by atoms with van der Waals surface area (Å²) in [7, 11) is 2.16. The van der Waals surface area contributed by atoms with E-state index in [0.29, 0.717) is 28.7 Å². The Kier molecular flexibility index (Phi) is 8.81. The van der Waals surface area contributed by atoms with Gasteiger partial charge >= 0.3 is 11.6 Å². The number of nitrogens with zero attached hydrogens (tertiary/aromatic N) is 6. The lowest BCUT2D eigenvalue weighted by atomic mass is 9.90. The second kappa shape index (κ2) is 12.9. The molecule has 230 valence electrons. The number of halogens is 1. The Hall–Kier alpha value is -4.02. The molecule has 1 aliphatic heterocycles. The highest BCUT2D eigenvalue weighted by Crippen LogP contribution is 2.28. The normalized spacial score (nSPS) is 19.2. The predicted octanol–water partition coefficient (Wildman–Crippen LogP) is 4.54. The average Bonchev–Trinajstić information content (AvgIpc) is 3.02. The first-order valence-electron chi connectivity index (χ1n) is 15.5. The second-order valence-electron chi connectivity index (χ2n) is 11.9. The molecule has 2 aliphatic rings. The lowest BCUT2D eigenvalue weighted by Gasteiger charge is -2.35. The predicted molar refractivity (Wildman–Crippen MR) is 174 cm³/mol. The minimum absolute atomic E-state index is 0.0580. The van der Waals surface area contributed by atoms with Crippen LogP contribution in [0.3, 0.4) is 0 Å². The van der Waals surface area contributed by atoms with Gasteiger partial charge in [0, 0.05) is 56.2 Å². The van der Waals surface area contributed by atoms with Gasteiger partial charge in [-0.3, -0.25) is 4.79 Å². The molecule has 6 rings (SSSR count). The lowest BCUT2D eigenvalue weighted by molar-refractivity contribution is -0.720. The van der Waals surface area contributed by atoms with Gasteiger partial charge in [-0.15, -0.1) is 0 Å². The average molecular weight is 616 g/mol. The molecular weight excluding hydrogens is 576 g/mol. The van der Waals surface area contributed by atoms with E-state index in [0.717, 1.165) is 62.9 Å². The van der Waals surface area contributed by atoms with Gasteiger partial charge in [0.25, 0.3) is 5.65 Å². The molecule has 0 spiro atoms. The number of carbonyl (C=O) groups excluding carboxylic acids is 1. The number of carbonyl (C=O) groups is 1. The summed E-state index contributed by atoms with van der Waals surface area (Å²) < 4.78 is 3.39. The van der Waals surface area contributed by atoms with Gasteiger partial charge in [0.2, 0.25) is 5.91 Å². The summed E-state index contributed by atoms with van der Waals surface area (Å²) in [6.07, 6.45) is 7.06. The van der Waals surface area contributed by atoms with Crippen molar-refractivity contribution in [2.24, 2.45) is 0 Å². The molecule has 2 N–H and O–H groups in total. The van der Waals surface area contributed by atoms with Crippen LogP contribution in [-0.2, 0) is 4.79 Å². The zero-order chi connectivity index (χ0) is 30.8. The first-order valence-corrected chi connectivity index (χ1v) is 15.9. The third kappa shape index (κ3) is 6.27. The highest BCUT2D eigenvalue weighted by molar-refractivity contribution is 6.32. The number of aromatic nitrogens is 4. The molecule has 1 saturated heterocycles. The van der Waals surface area contributed by atoms with E-state index in [1.807, 2.05) is 25.1 Å². The zero-order valence-corrected chi connectivity index (χ0v) is 26.3. The van der Waals surface area contributed by atoms with Crippen molar-refractivity contribution >= 4 is 45.9 Å². The summed E-state index contributed by atoms with van der Waals surface area (Å²) >= 11 is 6.54. The number of rotatable bonds is 7. The van der Waals surface area contributed by atoms with E-state index in [1.54, 1.807) is 27.6 Å². The van der Waals surface area contributed by atoms with Gasteiger partial charge in [-0.2, -0.15) is 9.13 Å². The number of piperazine rings is 1. The van der Waals surface area contributed by atoms with Crippen LogP contribution in [0.1, 0.15) is 50.6 Å². The Morgan fingerprint density at radius 1 is 1.05 bits per heavy atom. The molecule has 1 saturated carbocycles. The number of hydrogen-bond acceptors (Lipinski definition) is 7. The van der Waals surface area contributed by atoms with Crippen molar-refractivity contribution < 1.29 is 9.36 Å². The standard InChI is InChI=1S/C33H39ClN8O2/c1-4-30(43)36-24-9-12-26(13-10-24)42-31-23(21-41(33(42)44)29-8-6-5-7-27(29)34)20-35-32(38-31)37-25-11-14-28(22(2)19-25)40-17-15-39(3)16-18-40/h5-8,11,14,19-21,24,26H,4,9-10,12-13,15-18H2,1-3H3,(H,36,43)/p+1. The van der Waals surface area contributed by atoms with Gasteiger partial charge in [0.1, 0.15) is 11.1 Å². The largest absolute Gasteiger partial charge is 0.448 e. The molecular formula is C33H40ClN8O2+. The molecule has 1 aliphatic carbocycles. The highest BCUT2D eigenvalue weighted by Gasteiger charge is 2.31. The molecule has 11 heteroatoms. The monoisotopic (exact) mass is 615 g/mol. The Bertz CT molecular complexity index is 1730. The molecule has 2 aromatic heterocycles. The van der Waals surface area contributed by atoms with Crippen molar-refractivity contribution in [3.05, 3.63) is 75.9 Å². The molecule has 4 aromatic rings. The minimum atomic E-state index is -0.205. The third-order valence-corrected chi connectivity index (χ3v) is 9.18. The fourth-order valence-corrected chi connectivity index (χ4v) is 6.58. The van der Waals surface area contributed by atoms with Gasteiger partial charge in [0.15, 0.2) is 0 Å². The van der Waals surface area contributed by atoms with Crippen molar-refractivity contribution in [2.45, 2.75) is 58.0 Å². The first-order chi connectivity index (χ1) is 21.3. The molecule has 44 heavy (non-hydrogen) atoms. The number of anilines is 3. The summed E-state index contributed by atoms with van der Waals surface area (Å²) in [4.78, 5) is 40.5. The molecule has 0 radical (unpaired) electrons. The number of para-hydroxylation sites is 1. The van der Waals surface area contributed by atoms with Crippen LogP contribution in [0.25, 0.3) is 16.7 Å². The zero-order valence-electron chi connectivity index (χ0n) is 25.6. The van der Waals surface area contributed by atoms with E-state index in [4.69, 9.17) is 16.6 Å². The van der Waals surface area contributed by atoms with Crippen LogP contribution in [0.2, 0.25) is 5.02 Å². The number of aryl methyl sites for hydroxylation is 1. The van der Waals surface area contributed by atoms with Crippen LogP contribution >= 0.6 is 11.6 Å². The Labute approximate surface area is 262 Å². The summed E-state index contributed by atoms with van der Waals surface area (Å²) in [5, 5.41) is 7.71. The topological polar surface area (TPSA) is 99.3 Å². The second-order valence-corrected chi connectivity index (χ2v) is 12.3. The van der Waals surface area contributed by atoms with E-state index >= 15 is 0 Å². The highest BCUT2D eigenvalue weighted by atomic mass is 35.5. The van der Waals surface area contributed by atoms with Gasteiger partial charge in [-0.25, -0.2) is 9.78 Å². The van der Waals surface area contributed by atoms with Gasteiger partial charge in [0.05, 0.1) is 17.3 Å². The van der Waals surface area contributed by atoms with Crippen molar-refractivity contribution in [2.75, 3.05) is 43.4 Å². The lowest BCUT2D eigenvalue weighted by Crippen LogP contribution is -2.59. The van der Waals surface area contributed by atoms with Crippen LogP contribution in [0, 0.1) is 6.92 Å². The van der Waals surface area contributed by atoms with E-state index in [1.165, 1.54) is 11.3 Å². The summed E-state index contributed by atoms with van der Waals surface area (Å²) in [6.45, 7) is 8.12. The number of likely N-dealkylation sites (N-methyl/N-ethyl adjacent to an activating group) is 1. The van der Waals surface area contributed by atoms with Crippen molar-refractivity contribution in [3.63, 3.8) is 0 Å². The number of benzene rings is 2. The molecule has 10 nitrogen and oxygen atoms in total. The van der Waals surface area contributed by atoms with Gasteiger partial charge < -0.3 is 20.4 Å². The summed E-state index contributed by atoms with van der Waals surface area (Å²) in [6, 6.07) is 13.7. The van der Waals surface area contributed by atoms with Crippen molar-refractivity contribution in [1.29, 1.82) is 0 Å². The molecule has 0 bridgehead atoms. The smallest absolute Gasteiger partial charge is 0.369 e. The van der Waals surface area contributed by atoms with Crippen LogP contribution < -0.4 is 25.8 Å². The number of hydrogen-bond donors (Lipinski definition) is 2. The quantitative estimate of drug-likeness (QED) is 0.295. The van der Waals surface area contributed by atoms with Crippen LogP contribution in [-0.4, -0.2) is 64.6 Å². The Balaban J connectivity index is 1.34. The SMILES string of the molecule is CCC(=O)NC1CCC([n+]2c(=O)n(-c3ccccc3Cl)cc3cnc(Nc4ccc(N5CCN(C)CC5)c(C)c4)nc32)CC1.